The Balaban J connectivity index is 2.14. The number of allylic oxidation sites excluding steroid dienone is 1. The van der Waals surface area contributed by atoms with Gasteiger partial charge in [0.1, 0.15) is 11.6 Å². The van der Waals surface area contributed by atoms with Crippen molar-refractivity contribution in [2.75, 3.05) is 13.2 Å². The molecule has 0 N–H and O–H groups in total. The van der Waals surface area contributed by atoms with Gasteiger partial charge in [-0.05, 0) is 38.1 Å². The van der Waals surface area contributed by atoms with E-state index in [1.54, 1.807) is 12.1 Å². The third-order valence-corrected chi connectivity index (χ3v) is 2.02. The van der Waals surface area contributed by atoms with Crippen molar-refractivity contribution in [3.05, 3.63) is 41.7 Å². The quantitative estimate of drug-likeness (QED) is 0.443. The summed E-state index contributed by atoms with van der Waals surface area (Å²) in [5.74, 6) is -0.0261. The summed E-state index contributed by atoms with van der Waals surface area (Å²) in [7, 11) is 0. The second-order valence-corrected chi connectivity index (χ2v) is 4.05. The Morgan fingerprint density at radius 3 is 2.50 bits per heavy atom. The number of halogens is 1. The first-order valence-electron chi connectivity index (χ1n) is 5.78. The summed E-state index contributed by atoms with van der Waals surface area (Å²) in [6.45, 7) is 4.40. The van der Waals surface area contributed by atoms with Crippen LogP contribution in [0.4, 0.5) is 4.39 Å². The topological polar surface area (TPSA) is 35.5 Å². The molecular weight excluding hydrogens is 235 g/mol. The largest absolute Gasteiger partial charge is 0.493 e. The van der Waals surface area contributed by atoms with Crippen LogP contribution >= 0.6 is 0 Å². The molecule has 0 bridgehead atoms. The minimum Gasteiger partial charge on any atom is -0.493 e. The Hall–Kier alpha value is -1.84. The summed E-state index contributed by atoms with van der Waals surface area (Å²) in [6.07, 6.45) is 2.04. The van der Waals surface area contributed by atoms with Crippen LogP contribution in [0.1, 0.15) is 20.3 Å². The number of carbonyl (C=O) groups is 1. The molecule has 0 heterocycles. The maximum Gasteiger partial charge on any atom is 0.330 e. The zero-order valence-corrected chi connectivity index (χ0v) is 10.6. The molecule has 0 spiro atoms. The van der Waals surface area contributed by atoms with Crippen LogP contribution in [0.25, 0.3) is 0 Å². The van der Waals surface area contributed by atoms with Crippen molar-refractivity contribution >= 4 is 5.97 Å². The standard InChI is InChI=1S/C14H17FO3/c1-11(2)10-14(16)18-9-3-8-17-13-6-4-12(15)5-7-13/h4-7,10H,3,8-9H2,1-2H3. The van der Waals surface area contributed by atoms with Crippen LogP contribution in [0, 0.1) is 5.82 Å². The Kier molecular flexibility index (Phi) is 5.91. The van der Waals surface area contributed by atoms with Crippen LogP contribution in [-0.4, -0.2) is 19.2 Å². The molecule has 0 saturated carbocycles. The van der Waals surface area contributed by atoms with Crippen molar-refractivity contribution in [2.24, 2.45) is 0 Å². The molecular formula is C14H17FO3. The summed E-state index contributed by atoms with van der Waals surface area (Å²) in [6, 6.07) is 5.80. The molecule has 3 nitrogen and oxygen atoms in total. The highest BCUT2D eigenvalue weighted by Crippen LogP contribution is 2.11. The van der Waals surface area contributed by atoms with E-state index in [0.717, 1.165) is 5.57 Å². The van der Waals surface area contributed by atoms with Gasteiger partial charge in [-0.3, -0.25) is 0 Å². The van der Waals surface area contributed by atoms with Gasteiger partial charge in [-0.15, -0.1) is 0 Å². The van der Waals surface area contributed by atoms with Crippen molar-refractivity contribution < 1.29 is 18.7 Å². The predicted molar refractivity (Wildman–Crippen MR) is 66.9 cm³/mol. The van der Waals surface area contributed by atoms with Crippen LogP contribution < -0.4 is 4.74 Å². The number of hydrogen-bond acceptors (Lipinski definition) is 3. The number of ether oxygens (including phenoxy) is 2. The lowest BCUT2D eigenvalue weighted by Crippen LogP contribution is -2.07. The number of carbonyl (C=O) groups excluding carboxylic acids is 1. The Morgan fingerprint density at radius 2 is 1.89 bits per heavy atom. The van der Waals surface area contributed by atoms with E-state index >= 15 is 0 Å². The smallest absolute Gasteiger partial charge is 0.330 e. The number of esters is 1. The van der Waals surface area contributed by atoms with Gasteiger partial charge >= 0.3 is 5.97 Å². The van der Waals surface area contributed by atoms with Gasteiger partial charge in [0.05, 0.1) is 13.2 Å². The summed E-state index contributed by atoms with van der Waals surface area (Å²) < 4.78 is 22.9. The highest BCUT2D eigenvalue weighted by Gasteiger charge is 1.98. The first-order valence-corrected chi connectivity index (χ1v) is 5.78. The molecule has 0 aliphatic rings. The Labute approximate surface area is 106 Å². The third-order valence-electron chi connectivity index (χ3n) is 2.02. The monoisotopic (exact) mass is 252 g/mol. The Bertz CT molecular complexity index is 406. The molecule has 0 aliphatic heterocycles. The first-order chi connectivity index (χ1) is 8.58. The number of hydrogen-bond donors (Lipinski definition) is 0. The molecule has 4 heteroatoms. The summed E-state index contributed by atoms with van der Waals surface area (Å²) in [5.41, 5.74) is 0.905. The molecule has 0 aliphatic carbocycles. The van der Waals surface area contributed by atoms with Crippen molar-refractivity contribution in [1.29, 1.82) is 0 Å². The second kappa shape index (κ2) is 7.48. The van der Waals surface area contributed by atoms with Gasteiger partial charge in [-0.2, -0.15) is 0 Å². The van der Waals surface area contributed by atoms with Crippen molar-refractivity contribution in [2.45, 2.75) is 20.3 Å². The van der Waals surface area contributed by atoms with Gasteiger partial charge < -0.3 is 9.47 Å². The number of benzene rings is 1. The van der Waals surface area contributed by atoms with E-state index in [-0.39, 0.29) is 11.8 Å². The zero-order chi connectivity index (χ0) is 13.4. The van der Waals surface area contributed by atoms with E-state index in [9.17, 15) is 9.18 Å². The van der Waals surface area contributed by atoms with Gasteiger partial charge in [0.2, 0.25) is 0 Å². The van der Waals surface area contributed by atoms with Crippen molar-refractivity contribution in [3.63, 3.8) is 0 Å². The fourth-order valence-electron chi connectivity index (χ4n) is 1.23. The highest BCUT2D eigenvalue weighted by molar-refractivity contribution is 5.82. The van der Waals surface area contributed by atoms with E-state index in [0.29, 0.717) is 25.4 Å². The SMILES string of the molecule is CC(C)=CC(=O)OCCCOc1ccc(F)cc1. The molecule has 0 unspecified atom stereocenters. The summed E-state index contributed by atoms with van der Waals surface area (Å²) >= 11 is 0. The van der Waals surface area contributed by atoms with E-state index in [4.69, 9.17) is 9.47 Å². The molecule has 0 aromatic heterocycles. The fraction of sp³-hybridized carbons (Fsp3) is 0.357. The van der Waals surface area contributed by atoms with Crippen molar-refractivity contribution in [1.82, 2.24) is 0 Å². The molecule has 1 rings (SSSR count). The molecule has 1 aromatic rings. The molecule has 0 fully saturated rings. The zero-order valence-electron chi connectivity index (χ0n) is 10.6. The average molecular weight is 252 g/mol. The van der Waals surface area contributed by atoms with Crippen LogP contribution in [0.2, 0.25) is 0 Å². The molecule has 0 atom stereocenters. The molecule has 0 saturated heterocycles. The summed E-state index contributed by atoms with van der Waals surface area (Å²) in [4.78, 5) is 11.1. The molecule has 18 heavy (non-hydrogen) atoms. The predicted octanol–water partition coefficient (Wildman–Crippen LogP) is 3.10. The lowest BCUT2D eigenvalue weighted by Gasteiger charge is -2.06. The Morgan fingerprint density at radius 1 is 1.22 bits per heavy atom. The van der Waals surface area contributed by atoms with E-state index in [2.05, 4.69) is 0 Å². The molecule has 1 aromatic carbocycles. The van der Waals surface area contributed by atoms with Gasteiger partial charge in [0.15, 0.2) is 0 Å². The third kappa shape index (κ3) is 6.03. The first kappa shape index (κ1) is 14.2. The number of rotatable bonds is 6. The minimum absolute atomic E-state index is 0.294. The highest BCUT2D eigenvalue weighted by atomic mass is 19.1. The molecule has 98 valence electrons. The normalized spacial score (nSPS) is 9.72. The van der Waals surface area contributed by atoms with Crippen molar-refractivity contribution in [3.8, 4) is 5.75 Å². The lowest BCUT2D eigenvalue weighted by molar-refractivity contribution is -0.138. The molecule has 0 radical (unpaired) electrons. The molecule has 0 amide bonds. The lowest BCUT2D eigenvalue weighted by atomic mass is 10.3. The van der Waals surface area contributed by atoms with Crippen LogP contribution in [-0.2, 0) is 9.53 Å². The van der Waals surface area contributed by atoms with Gasteiger partial charge in [-0.25, -0.2) is 9.18 Å². The van der Waals surface area contributed by atoms with Crippen LogP contribution in [0.3, 0.4) is 0 Å². The average Bonchev–Trinajstić information content (AvgIpc) is 2.30. The second-order valence-electron chi connectivity index (χ2n) is 4.05. The fourth-order valence-corrected chi connectivity index (χ4v) is 1.23. The van der Waals surface area contributed by atoms with Crippen LogP contribution in [0.5, 0.6) is 5.75 Å². The van der Waals surface area contributed by atoms with E-state index in [1.807, 2.05) is 13.8 Å². The maximum absolute atomic E-state index is 12.6. The van der Waals surface area contributed by atoms with E-state index < -0.39 is 0 Å². The van der Waals surface area contributed by atoms with Gasteiger partial charge in [0.25, 0.3) is 0 Å². The van der Waals surface area contributed by atoms with Gasteiger partial charge in [-0.1, -0.05) is 5.57 Å². The maximum atomic E-state index is 12.6. The van der Waals surface area contributed by atoms with Gasteiger partial charge in [0, 0.05) is 12.5 Å². The van der Waals surface area contributed by atoms with Crippen LogP contribution in [0.15, 0.2) is 35.9 Å². The summed E-state index contributed by atoms with van der Waals surface area (Å²) in [5, 5.41) is 0. The van der Waals surface area contributed by atoms with E-state index in [1.165, 1.54) is 18.2 Å². The minimum atomic E-state index is -0.336.